The summed E-state index contributed by atoms with van der Waals surface area (Å²) < 4.78 is 26.7. The van der Waals surface area contributed by atoms with Gasteiger partial charge in [-0.1, -0.05) is 30.3 Å². The van der Waals surface area contributed by atoms with Gasteiger partial charge in [0.1, 0.15) is 0 Å². The highest BCUT2D eigenvalue weighted by Gasteiger charge is 2.31. The summed E-state index contributed by atoms with van der Waals surface area (Å²) in [5, 5.41) is 11.8. The van der Waals surface area contributed by atoms with Crippen molar-refractivity contribution in [2.24, 2.45) is 5.92 Å². The highest BCUT2D eigenvalue weighted by molar-refractivity contribution is 7.89. The second-order valence-corrected chi connectivity index (χ2v) is 8.46. The topological polar surface area (TPSA) is 90.3 Å². The molecular formula is C20H21N3O3S. The highest BCUT2D eigenvalue weighted by Crippen LogP contribution is 2.24. The van der Waals surface area contributed by atoms with E-state index in [1.54, 1.807) is 48.5 Å². The third-order valence-corrected chi connectivity index (χ3v) is 6.64. The lowest BCUT2D eigenvalue weighted by atomic mass is 9.97. The molecule has 7 heteroatoms. The molecule has 0 saturated carbocycles. The summed E-state index contributed by atoms with van der Waals surface area (Å²) in [5.74, 6) is -0.277. The van der Waals surface area contributed by atoms with E-state index in [1.165, 1.54) is 4.31 Å². The first-order chi connectivity index (χ1) is 13.0. The number of rotatable bonds is 5. The zero-order valence-corrected chi connectivity index (χ0v) is 15.7. The number of hydrogen-bond donors (Lipinski definition) is 1. The van der Waals surface area contributed by atoms with E-state index in [1.807, 2.05) is 6.07 Å². The van der Waals surface area contributed by atoms with Gasteiger partial charge in [0.05, 0.1) is 16.5 Å². The first kappa shape index (κ1) is 19.1. The fourth-order valence-corrected chi connectivity index (χ4v) is 4.67. The van der Waals surface area contributed by atoms with Crippen LogP contribution in [0.4, 0.5) is 0 Å². The van der Waals surface area contributed by atoms with Crippen molar-refractivity contribution in [1.82, 2.24) is 9.62 Å². The average molecular weight is 383 g/mol. The van der Waals surface area contributed by atoms with Gasteiger partial charge in [0.25, 0.3) is 0 Å². The number of nitriles is 1. The Bertz CT molecular complexity index is 944. The minimum absolute atomic E-state index is 0.0749. The highest BCUT2D eigenvalue weighted by atomic mass is 32.2. The van der Waals surface area contributed by atoms with Gasteiger partial charge < -0.3 is 5.32 Å². The molecule has 6 nitrogen and oxygen atoms in total. The maximum atomic E-state index is 12.6. The molecule has 1 heterocycles. The van der Waals surface area contributed by atoms with Crippen molar-refractivity contribution >= 4 is 15.9 Å². The van der Waals surface area contributed by atoms with E-state index < -0.39 is 10.0 Å². The molecule has 27 heavy (non-hydrogen) atoms. The van der Waals surface area contributed by atoms with Gasteiger partial charge >= 0.3 is 0 Å². The molecule has 0 aliphatic carbocycles. The molecule has 1 aliphatic heterocycles. The number of benzene rings is 2. The Morgan fingerprint density at radius 1 is 1.11 bits per heavy atom. The Balaban J connectivity index is 1.54. The number of amides is 1. The van der Waals surface area contributed by atoms with Crippen molar-refractivity contribution in [3.8, 4) is 6.07 Å². The molecule has 0 spiro atoms. The SMILES string of the molecule is N#Cc1cccc(CNC(=O)C2CCN(S(=O)(=O)c3ccccc3)CC2)c1. The fourth-order valence-electron chi connectivity index (χ4n) is 3.18. The van der Waals surface area contributed by atoms with Gasteiger partial charge in [0.2, 0.25) is 15.9 Å². The second kappa shape index (κ2) is 8.33. The molecular weight excluding hydrogens is 362 g/mol. The van der Waals surface area contributed by atoms with Crippen LogP contribution in [-0.4, -0.2) is 31.7 Å². The third-order valence-electron chi connectivity index (χ3n) is 4.73. The Morgan fingerprint density at radius 3 is 2.48 bits per heavy atom. The summed E-state index contributed by atoms with van der Waals surface area (Å²) in [6.45, 7) is 1.02. The number of hydrogen-bond acceptors (Lipinski definition) is 4. The molecule has 1 N–H and O–H groups in total. The number of piperidine rings is 1. The van der Waals surface area contributed by atoms with Crippen LogP contribution in [0.15, 0.2) is 59.5 Å². The fraction of sp³-hybridized carbons (Fsp3) is 0.300. The van der Waals surface area contributed by atoms with Crippen molar-refractivity contribution in [3.63, 3.8) is 0 Å². The largest absolute Gasteiger partial charge is 0.352 e. The van der Waals surface area contributed by atoms with Crippen LogP contribution in [-0.2, 0) is 21.4 Å². The van der Waals surface area contributed by atoms with Gasteiger partial charge in [-0.3, -0.25) is 4.79 Å². The summed E-state index contributed by atoms with van der Waals surface area (Å²) in [6, 6.07) is 17.5. The molecule has 1 fully saturated rings. The van der Waals surface area contributed by atoms with Crippen molar-refractivity contribution in [2.75, 3.05) is 13.1 Å². The zero-order valence-electron chi connectivity index (χ0n) is 14.8. The maximum absolute atomic E-state index is 12.6. The first-order valence-electron chi connectivity index (χ1n) is 8.82. The van der Waals surface area contributed by atoms with Crippen LogP contribution < -0.4 is 5.32 Å². The lowest BCUT2D eigenvalue weighted by Crippen LogP contribution is -2.42. The molecule has 0 aromatic heterocycles. The number of carbonyl (C=O) groups excluding carboxylic acids is 1. The molecule has 1 aliphatic rings. The first-order valence-corrected chi connectivity index (χ1v) is 10.3. The van der Waals surface area contributed by atoms with Crippen LogP contribution in [0.2, 0.25) is 0 Å². The number of carbonyl (C=O) groups is 1. The van der Waals surface area contributed by atoms with Crippen molar-refractivity contribution in [1.29, 1.82) is 5.26 Å². The molecule has 0 radical (unpaired) electrons. The predicted molar refractivity (Wildman–Crippen MR) is 101 cm³/mol. The van der Waals surface area contributed by atoms with E-state index in [-0.39, 0.29) is 16.7 Å². The van der Waals surface area contributed by atoms with E-state index >= 15 is 0 Å². The number of nitrogens with zero attached hydrogens (tertiary/aromatic N) is 2. The van der Waals surface area contributed by atoms with Crippen LogP contribution >= 0.6 is 0 Å². The van der Waals surface area contributed by atoms with Crippen LogP contribution in [0.1, 0.15) is 24.0 Å². The van der Waals surface area contributed by atoms with Gasteiger partial charge in [-0.25, -0.2) is 8.42 Å². The predicted octanol–water partition coefficient (Wildman–Crippen LogP) is 2.28. The van der Waals surface area contributed by atoms with Crippen molar-refractivity contribution < 1.29 is 13.2 Å². The zero-order chi connectivity index (χ0) is 19.3. The van der Waals surface area contributed by atoms with Crippen molar-refractivity contribution in [3.05, 3.63) is 65.7 Å². The molecule has 0 bridgehead atoms. The molecule has 2 aromatic rings. The molecule has 1 amide bonds. The third kappa shape index (κ3) is 4.54. The van der Waals surface area contributed by atoms with Gasteiger partial charge in [-0.2, -0.15) is 9.57 Å². The Labute approximate surface area is 159 Å². The Hall–Kier alpha value is -2.69. The molecule has 140 valence electrons. The number of nitrogens with one attached hydrogen (secondary N) is 1. The number of sulfonamides is 1. The van der Waals surface area contributed by atoms with Crippen LogP contribution in [0.3, 0.4) is 0 Å². The van der Waals surface area contributed by atoms with Crippen LogP contribution in [0.5, 0.6) is 0 Å². The minimum atomic E-state index is -3.50. The lowest BCUT2D eigenvalue weighted by molar-refractivity contribution is -0.126. The van der Waals surface area contributed by atoms with Gasteiger partial charge in [-0.05, 0) is 42.7 Å². The molecule has 2 aromatic carbocycles. The molecule has 1 saturated heterocycles. The maximum Gasteiger partial charge on any atom is 0.243 e. The summed E-state index contributed by atoms with van der Waals surface area (Å²) in [6.07, 6.45) is 0.992. The molecule has 0 unspecified atom stereocenters. The minimum Gasteiger partial charge on any atom is -0.352 e. The summed E-state index contributed by atoms with van der Waals surface area (Å²) >= 11 is 0. The summed E-state index contributed by atoms with van der Waals surface area (Å²) in [4.78, 5) is 12.7. The van der Waals surface area contributed by atoms with Gasteiger partial charge in [0.15, 0.2) is 0 Å². The Kier molecular flexibility index (Phi) is 5.89. The average Bonchev–Trinajstić information content (AvgIpc) is 2.73. The Morgan fingerprint density at radius 2 is 1.81 bits per heavy atom. The van der Waals surface area contributed by atoms with E-state index in [2.05, 4.69) is 11.4 Å². The van der Waals surface area contributed by atoms with E-state index in [0.29, 0.717) is 38.0 Å². The molecule has 0 atom stereocenters. The smallest absolute Gasteiger partial charge is 0.243 e. The normalized spacial score (nSPS) is 15.8. The van der Waals surface area contributed by atoms with E-state index in [9.17, 15) is 13.2 Å². The van der Waals surface area contributed by atoms with Crippen LogP contribution in [0, 0.1) is 17.2 Å². The molecule has 3 rings (SSSR count). The second-order valence-electron chi connectivity index (χ2n) is 6.52. The van der Waals surface area contributed by atoms with E-state index in [0.717, 1.165) is 5.56 Å². The van der Waals surface area contributed by atoms with Gasteiger partial charge in [0, 0.05) is 25.6 Å². The van der Waals surface area contributed by atoms with Crippen molar-refractivity contribution in [2.45, 2.75) is 24.3 Å². The lowest BCUT2D eigenvalue weighted by Gasteiger charge is -2.30. The standard InChI is InChI=1S/C20H21N3O3S/c21-14-16-5-4-6-17(13-16)15-22-20(24)18-9-11-23(12-10-18)27(25,26)19-7-2-1-3-8-19/h1-8,13,18H,9-12,15H2,(H,22,24). The quantitative estimate of drug-likeness (QED) is 0.858. The van der Waals surface area contributed by atoms with Gasteiger partial charge in [-0.15, -0.1) is 0 Å². The van der Waals surface area contributed by atoms with E-state index in [4.69, 9.17) is 5.26 Å². The summed E-state index contributed by atoms with van der Waals surface area (Å²) in [7, 11) is -3.50. The monoisotopic (exact) mass is 383 g/mol. The summed E-state index contributed by atoms with van der Waals surface area (Å²) in [5.41, 5.74) is 1.42. The van der Waals surface area contributed by atoms with Crippen LogP contribution in [0.25, 0.3) is 0 Å².